The lowest BCUT2D eigenvalue weighted by molar-refractivity contribution is -0.127. The number of guanidine groups is 1. The van der Waals surface area contributed by atoms with Gasteiger partial charge in [0.1, 0.15) is 12.3 Å². The third-order valence-corrected chi connectivity index (χ3v) is 4.37. The van der Waals surface area contributed by atoms with Crippen LogP contribution in [0, 0.1) is 0 Å². The Morgan fingerprint density at radius 1 is 1.37 bits per heavy atom. The molecule has 0 atom stereocenters. The van der Waals surface area contributed by atoms with Crippen molar-refractivity contribution in [2.75, 3.05) is 40.3 Å². The van der Waals surface area contributed by atoms with E-state index in [-0.39, 0.29) is 12.5 Å². The molecule has 148 valence electrons. The highest BCUT2D eigenvalue weighted by Crippen LogP contribution is 2.24. The van der Waals surface area contributed by atoms with Gasteiger partial charge in [-0.05, 0) is 43.0 Å². The molecule has 27 heavy (non-hydrogen) atoms. The molecule has 1 heterocycles. The number of likely N-dealkylation sites (N-methyl/N-ethyl adjacent to an activating group) is 1. The van der Waals surface area contributed by atoms with Gasteiger partial charge >= 0.3 is 0 Å². The Kier molecular flexibility index (Phi) is 7.70. The van der Waals surface area contributed by atoms with Crippen molar-refractivity contribution >= 4 is 11.9 Å². The molecule has 6 nitrogen and oxygen atoms in total. The maximum absolute atomic E-state index is 11.9. The fraction of sp³-hybridized carbons (Fsp3) is 0.524. The van der Waals surface area contributed by atoms with E-state index in [1.54, 1.807) is 19.0 Å². The summed E-state index contributed by atoms with van der Waals surface area (Å²) >= 11 is 0. The zero-order valence-corrected chi connectivity index (χ0v) is 17.0. The molecule has 0 aliphatic carbocycles. The number of carbonyl (C=O) groups excluding carboxylic acids is 1. The van der Waals surface area contributed by atoms with Crippen molar-refractivity contribution < 1.29 is 9.53 Å². The van der Waals surface area contributed by atoms with Crippen molar-refractivity contribution in [1.29, 1.82) is 0 Å². The molecule has 0 spiro atoms. The molecule has 0 radical (unpaired) electrons. The topological polar surface area (TPSA) is 57.2 Å². The molecule has 1 amide bonds. The minimum atomic E-state index is -0.0141. The van der Waals surface area contributed by atoms with Crippen molar-refractivity contribution in [3.63, 3.8) is 0 Å². The zero-order chi connectivity index (χ0) is 19.8. The summed E-state index contributed by atoms with van der Waals surface area (Å²) in [7, 11) is 3.49. The van der Waals surface area contributed by atoms with Crippen LogP contribution in [0.4, 0.5) is 0 Å². The van der Waals surface area contributed by atoms with Crippen LogP contribution in [0.1, 0.15) is 31.4 Å². The molecule has 1 N–H and O–H groups in total. The molecule has 1 aliphatic rings. The summed E-state index contributed by atoms with van der Waals surface area (Å²) in [6.07, 6.45) is 1.93. The number of hydrogen-bond donors (Lipinski definition) is 1. The van der Waals surface area contributed by atoms with Gasteiger partial charge in [0.25, 0.3) is 0 Å². The molecule has 0 aromatic heterocycles. The van der Waals surface area contributed by atoms with Crippen LogP contribution in [-0.4, -0.2) is 62.0 Å². The number of ether oxygens (including phenoxy) is 1. The Bertz CT molecular complexity index is 697. The summed E-state index contributed by atoms with van der Waals surface area (Å²) < 4.78 is 5.75. The molecular weight excluding hydrogens is 340 g/mol. The van der Waals surface area contributed by atoms with E-state index in [0.717, 1.165) is 49.8 Å². The van der Waals surface area contributed by atoms with Crippen LogP contribution in [0.2, 0.25) is 0 Å². The number of hydrogen-bond acceptors (Lipinski definition) is 3. The molecule has 0 fully saturated rings. The highest BCUT2D eigenvalue weighted by atomic mass is 16.5. The average Bonchev–Trinajstić information content (AvgIpc) is 2.65. The van der Waals surface area contributed by atoms with Crippen LogP contribution in [0.15, 0.2) is 35.3 Å². The molecule has 0 unspecified atom stereocenters. The van der Waals surface area contributed by atoms with Crippen LogP contribution in [0.5, 0.6) is 5.75 Å². The van der Waals surface area contributed by atoms with E-state index >= 15 is 0 Å². The van der Waals surface area contributed by atoms with E-state index in [2.05, 4.69) is 40.8 Å². The second kappa shape index (κ2) is 10.00. The Labute approximate surface area is 162 Å². The molecule has 1 aromatic rings. The summed E-state index contributed by atoms with van der Waals surface area (Å²) in [6.45, 7) is 11.2. The fourth-order valence-electron chi connectivity index (χ4n) is 2.80. The van der Waals surface area contributed by atoms with Crippen molar-refractivity contribution in [2.45, 2.75) is 33.2 Å². The van der Waals surface area contributed by atoms with Gasteiger partial charge in [0.15, 0.2) is 5.96 Å². The molecule has 1 aromatic carbocycles. The summed E-state index contributed by atoms with van der Waals surface area (Å²) in [5.74, 6) is 1.68. The summed E-state index contributed by atoms with van der Waals surface area (Å²) in [5, 5.41) is 3.33. The molecule has 1 aliphatic heterocycles. The first-order valence-electron chi connectivity index (χ1n) is 9.53. The van der Waals surface area contributed by atoms with Gasteiger partial charge in [-0.25, -0.2) is 4.99 Å². The number of amides is 1. The first kappa shape index (κ1) is 20.8. The van der Waals surface area contributed by atoms with E-state index in [0.29, 0.717) is 6.54 Å². The molecule has 6 heteroatoms. The third kappa shape index (κ3) is 6.31. The first-order valence-corrected chi connectivity index (χ1v) is 9.53. The first-order chi connectivity index (χ1) is 12.9. The van der Waals surface area contributed by atoms with Crippen molar-refractivity contribution in [1.82, 2.24) is 15.1 Å². The number of fused-ring (bicyclic) bond motifs is 1. The van der Waals surface area contributed by atoms with E-state index in [1.807, 2.05) is 13.0 Å². The molecular formula is C21H32N4O2. The quantitative estimate of drug-likeness (QED) is 0.454. The second-order valence-corrected chi connectivity index (χ2v) is 7.19. The van der Waals surface area contributed by atoms with Crippen LogP contribution < -0.4 is 10.1 Å². The number of rotatable bonds is 7. The number of nitrogens with one attached hydrogen (secondary N) is 1. The Morgan fingerprint density at radius 3 is 2.81 bits per heavy atom. The number of nitrogens with zero attached hydrogens (tertiary/aromatic N) is 3. The predicted molar refractivity (Wildman–Crippen MR) is 110 cm³/mol. The monoisotopic (exact) mass is 372 g/mol. The summed E-state index contributed by atoms with van der Waals surface area (Å²) in [5.41, 5.74) is 3.62. The maximum Gasteiger partial charge on any atom is 0.243 e. The fourth-order valence-corrected chi connectivity index (χ4v) is 2.80. The predicted octanol–water partition coefficient (Wildman–Crippen LogP) is 2.44. The van der Waals surface area contributed by atoms with Crippen LogP contribution in [0.3, 0.4) is 0 Å². The molecule has 2 rings (SSSR count). The third-order valence-electron chi connectivity index (χ3n) is 4.37. The molecule has 0 saturated heterocycles. The number of aliphatic imine (C=N–C) groups is 1. The Hall–Kier alpha value is -2.50. The lowest BCUT2D eigenvalue weighted by Gasteiger charge is -2.32. The highest BCUT2D eigenvalue weighted by molar-refractivity contribution is 5.85. The summed E-state index contributed by atoms with van der Waals surface area (Å²) in [4.78, 5) is 20.2. The van der Waals surface area contributed by atoms with E-state index in [4.69, 9.17) is 4.74 Å². The highest BCUT2D eigenvalue weighted by Gasteiger charge is 2.20. The average molecular weight is 373 g/mol. The van der Waals surface area contributed by atoms with Crippen molar-refractivity contribution in [2.24, 2.45) is 4.99 Å². The van der Waals surface area contributed by atoms with E-state index in [1.165, 1.54) is 11.1 Å². The van der Waals surface area contributed by atoms with Gasteiger partial charge in [-0.3, -0.25) is 4.79 Å². The molecule has 0 bridgehead atoms. The van der Waals surface area contributed by atoms with E-state index < -0.39 is 0 Å². The Morgan fingerprint density at radius 2 is 2.15 bits per heavy atom. The summed E-state index contributed by atoms with van der Waals surface area (Å²) in [6, 6.07) is 6.32. The van der Waals surface area contributed by atoms with Crippen LogP contribution in [0.25, 0.3) is 0 Å². The van der Waals surface area contributed by atoms with Gasteiger partial charge in [-0.15, -0.1) is 0 Å². The van der Waals surface area contributed by atoms with Gasteiger partial charge in [-0.1, -0.05) is 25.1 Å². The van der Waals surface area contributed by atoms with Gasteiger partial charge < -0.3 is 19.9 Å². The lowest BCUT2D eigenvalue weighted by Crippen LogP contribution is -2.45. The molecule has 0 saturated carbocycles. The van der Waals surface area contributed by atoms with Crippen LogP contribution >= 0.6 is 0 Å². The minimum Gasteiger partial charge on any atom is -0.494 e. The van der Waals surface area contributed by atoms with Gasteiger partial charge in [-0.2, -0.15) is 0 Å². The van der Waals surface area contributed by atoms with E-state index in [9.17, 15) is 4.79 Å². The minimum absolute atomic E-state index is 0.0141. The smallest absolute Gasteiger partial charge is 0.243 e. The number of carbonyl (C=O) groups is 1. The van der Waals surface area contributed by atoms with Crippen LogP contribution in [-0.2, 0) is 17.8 Å². The largest absolute Gasteiger partial charge is 0.494 e. The van der Waals surface area contributed by atoms with Crippen molar-refractivity contribution in [3.8, 4) is 5.75 Å². The Balaban J connectivity index is 2.11. The van der Waals surface area contributed by atoms with Gasteiger partial charge in [0, 0.05) is 33.7 Å². The lowest BCUT2D eigenvalue weighted by atomic mass is 9.99. The van der Waals surface area contributed by atoms with Crippen molar-refractivity contribution in [3.05, 3.63) is 41.5 Å². The maximum atomic E-state index is 11.9. The number of benzene rings is 1. The standard InChI is InChI=1S/C21H32N4O2/c1-6-11-27-19-8-7-18-15-25(10-9-17(18)12-19)21(22-13-16(2)3)23-14-20(26)24(4)5/h7-8,12H,2,6,9-11,13-15H2,1,3-5H3,(H,22,23). The van der Waals surface area contributed by atoms with Gasteiger partial charge in [0.05, 0.1) is 6.61 Å². The normalized spacial score (nSPS) is 13.8. The zero-order valence-electron chi connectivity index (χ0n) is 17.0. The second-order valence-electron chi connectivity index (χ2n) is 7.19. The SMILES string of the molecule is C=C(C)CNC(=NCC(=O)N(C)C)N1CCc2cc(OCCC)ccc2C1. The van der Waals surface area contributed by atoms with Gasteiger partial charge in [0.2, 0.25) is 5.91 Å².